The average Bonchev–Trinajstić information content (AvgIpc) is 3.21. The van der Waals surface area contributed by atoms with Gasteiger partial charge < -0.3 is 4.74 Å². The summed E-state index contributed by atoms with van der Waals surface area (Å²) >= 11 is 0. The van der Waals surface area contributed by atoms with Gasteiger partial charge in [-0.15, -0.1) is 0 Å². The van der Waals surface area contributed by atoms with E-state index in [1.165, 1.54) is 33.3 Å². The van der Waals surface area contributed by atoms with Gasteiger partial charge in [0.25, 0.3) is 0 Å². The largest absolute Gasteiger partial charge is 0.495 e. The van der Waals surface area contributed by atoms with E-state index >= 15 is 0 Å². The van der Waals surface area contributed by atoms with Crippen molar-refractivity contribution in [1.29, 1.82) is 0 Å². The van der Waals surface area contributed by atoms with Gasteiger partial charge in [0.05, 0.1) is 7.11 Å². The second kappa shape index (κ2) is 4.94. The Balaban J connectivity index is 2.51. The smallest absolute Gasteiger partial charge is 0.246 e. The highest BCUT2D eigenvalue weighted by atomic mass is 32.2. The number of hydrogen-bond donors (Lipinski definition) is 0. The Morgan fingerprint density at radius 1 is 1.32 bits per heavy atom. The molecule has 1 aromatic rings. The molecule has 1 saturated carbocycles. The second-order valence-corrected chi connectivity index (χ2v) is 6.91. The summed E-state index contributed by atoms with van der Waals surface area (Å²) in [6.07, 6.45) is 1.78. The number of hydrogen-bond acceptors (Lipinski definition) is 4. The Morgan fingerprint density at radius 3 is 2.42 bits per heavy atom. The standard InChI is InChI=1S/C13H17NO4S/c1-14(2)19(16,17)12-8-10(6-7-11(12)18-3)13(15)9-4-5-9/h6-9H,4-5H2,1-3H3. The minimum absolute atomic E-state index is 0.0119. The van der Waals surface area contributed by atoms with Crippen molar-refractivity contribution < 1.29 is 17.9 Å². The van der Waals surface area contributed by atoms with Crippen LogP contribution in [-0.4, -0.2) is 39.7 Å². The molecule has 0 radical (unpaired) electrons. The quantitative estimate of drug-likeness (QED) is 0.769. The molecular weight excluding hydrogens is 266 g/mol. The molecular formula is C13H17NO4S. The summed E-state index contributed by atoms with van der Waals surface area (Å²) in [5.74, 6) is 0.321. The molecule has 0 atom stereocenters. The molecule has 2 rings (SSSR count). The predicted octanol–water partition coefficient (Wildman–Crippen LogP) is 1.54. The molecule has 104 valence electrons. The van der Waals surface area contributed by atoms with Crippen molar-refractivity contribution >= 4 is 15.8 Å². The van der Waals surface area contributed by atoms with Crippen molar-refractivity contribution in [1.82, 2.24) is 4.31 Å². The maximum absolute atomic E-state index is 12.2. The van der Waals surface area contributed by atoms with Crippen LogP contribution in [0.1, 0.15) is 23.2 Å². The van der Waals surface area contributed by atoms with Crippen LogP contribution in [0, 0.1) is 5.92 Å². The molecule has 0 aromatic heterocycles. The molecule has 0 N–H and O–H groups in total. The Kier molecular flexibility index (Phi) is 3.64. The van der Waals surface area contributed by atoms with E-state index in [1.807, 2.05) is 0 Å². The fraction of sp³-hybridized carbons (Fsp3) is 0.462. The molecule has 0 saturated heterocycles. The lowest BCUT2D eigenvalue weighted by molar-refractivity contribution is 0.0967. The lowest BCUT2D eigenvalue weighted by atomic mass is 10.1. The number of methoxy groups -OCH3 is 1. The molecule has 1 aliphatic carbocycles. The number of rotatable bonds is 5. The van der Waals surface area contributed by atoms with Gasteiger partial charge in [-0.25, -0.2) is 12.7 Å². The third kappa shape index (κ3) is 2.64. The van der Waals surface area contributed by atoms with Gasteiger partial charge in [0.15, 0.2) is 5.78 Å². The first-order valence-corrected chi connectivity index (χ1v) is 7.46. The zero-order valence-electron chi connectivity index (χ0n) is 11.2. The first-order valence-electron chi connectivity index (χ1n) is 6.02. The molecule has 1 fully saturated rings. The Morgan fingerprint density at radius 2 is 1.95 bits per heavy atom. The van der Waals surface area contributed by atoms with E-state index < -0.39 is 10.0 Å². The zero-order chi connectivity index (χ0) is 14.2. The van der Waals surface area contributed by atoms with E-state index in [9.17, 15) is 13.2 Å². The minimum atomic E-state index is -3.62. The van der Waals surface area contributed by atoms with Crippen LogP contribution < -0.4 is 4.74 Å². The molecule has 5 nitrogen and oxygen atoms in total. The van der Waals surface area contributed by atoms with Crippen LogP contribution in [0.4, 0.5) is 0 Å². The van der Waals surface area contributed by atoms with Gasteiger partial charge in [0, 0.05) is 25.6 Å². The van der Waals surface area contributed by atoms with Crippen LogP contribution in [0.3, 0.4) is 0 Å². The van der Waals surface area contributed by atoms with Crippen LogP contribution in [0.2, 0.25) is 0 Å². The lowest BCUT2D eigenvalue weighted by Crippen LogP contribution is -2.23. The summed E-state index contributed by atoms with van der Waals surface area (Å²) in [6, 6.07) is 4.56. The summed E-state index contributed by atoms with van der Waals surface area (Å²) in [7, 11) is 0.681. The van der Waals surface area contributed by atoms with E-state index in [-0.39, 0.29) is 22.3 Å². The van der Waals surface area contributed by atoms with E-state index in [4.69, 9.17) is 4.74 Å². The number of benzene rings is 1. The van der Waals surface area contributed by atoms with Gasteiger partial charge in [0.1, 0.15) is 10.6 Å². The molecule has 1 aromatic carbocycles. The van der Waals surface area contributed by atoms with Crippen molar-refractivity contribution in [2.75, 3.05) is 21.2 Å². The summed E-state index contributed by atoms with van der Waals surface area (Å²) < 4.78 is 30.6. The predicted molar refractivity (Wildman–Crippen MR) is 70.9 cm³/mol. The SMILES string of the molecule is COc1ccc(C(=O)C2CC2)cc1S(=O)(=O)N(C)C. The maximum atomic E-state index is 12.2. The summed E-state index contributed by atoms with van der Waals surface area (Å²) in [4.78, 5) is 12.0. The number of ketones is 1. The summed E-state index contributed by atoms with van der Waals surface area (Å²) in [6.45, 7) is 0. The van der Waals surface area contributed by atoms with Crippen LogP contribution in [0.25, 0.3) is 0 Å². The molecule has 1 aliphatic rings. The van der Waals surface area contributed by atoms with Crippen LogP contribution in [0.5, 0.6) is 5.75 Å². The van der Waals surface area contributed by atoms with Crippen molar-refractivity contribution in [3.8, 4) is 5.75 Å². The van der Waals surface area contributed by atoms with E-state index in [1.54, 1.807) is 6.07 Å². The average molecular weight is 283 g/mol. The van der Waals surface area contributed by atoms with Gasteiger partial charge in [-0.1, -0.05) is 0 Å². The van der Waals surface area contributed by atoms with Crippen molar-refractivity contribution in [2.45, 2.75) is 17.7 Å². The van der Waals surface area contributed by atoms with E-state index in [0.29, 0.717) is 5.56 Å². The third-order valence-electron chi connectivity index (χ3n) is 3.15. The van der Waals surface area contributed by atoms with E-state index in [2.05, 4.69) is 0 Å². The highest BCUT2D eigenvalue weighted by Crippen LogP contribution is 2.34. The summed E-state index contributed by atoms with van der Waals surface area (Å²) in [5, 5.41) is 0. The number of Topliss-reactive ketones (excluding diaryl/α,β-unsaturated/α-hetero) is 1. The van der Waals surface area contributed by atoms with Gasteiger partial charge in [0.2, 0.25) is 10.0 Å². The summed E-state index contributed by atoms with van der Waals surface area (Å²) in [5.41, 5.74) is 0.434. The van der Waals surface area contributed by atoms with Crippen molar-refractivity contribution in [3.63, 3.8) is 0 Å². The molecule has 0 unspecified atom stereocenters. The number of ether oxygens (including phenoxy) is 1. The van der Waals surface area contributed by atoms with Crippen molar-refractivity contribution in [2.24, 2.45) is 5.92 Å². The fourth-order valence-electron chi connectivity index (χ4n) is 1.81. The minimum Gasteiger partial charge on any atom is -0.495 e. The van der Waals surface area contributed by atoms with Crippen LogP contribution in [-0.2, 0) is 10.0 Å². The van der Waals surface area contributed by atoms with Crippen molar-refractivity contribution in [3.05, 3.63) is 23.8 Å². The molecule has 0 bridgehead atoms. The first-order chi connectivity index (χ1) is 8.87. The second-order valence-electron chi connectivity index (χ2n) is 4.79. The van der Waals surface area contributed by atoms with Gasteiger partial charge in [-0.3, -0.25) is 4.79 Å². The van der Waals surface area contributed by atoms with Gasteiger partial charge in [-0.05, 0) is 31.0 Å². The fourth-order valence-corrected chi connectivity index (χ4v) is 2.88. The number of carbonyl (C=O) groups excluding carboxylic acids is 1. The zero-order valence-corrected chi connectivity index (χ0v) is 12.0. The molecule has 19 heavy (non-hydrogen) atoms. The highest BCUT2D eigenvalue weighted by molar-refractivity contribution is 7.89. The maximum Gasteiger partial charge on any atom is 0.246 e. The molecule has 0 spiro atoms. The monoisotopic (exact) mass is 283 g/mol. The number of nitrogens with zero attached hydrogens (tertiary/aromatic N) is 1. The van der Waals surface area contributed by atoms with Gasteiger partial charge in [-0.2, -0.15) is 0 Å². The number of carbonyl (C=O) groups is 1. The normalized spacial score (nSPS) is 15.6. The van der Waals surface area contributed by atoms with E-state index in [0.717, 1.165) is 17.1 Å². The lowest BCUT2D eigenvalue weighted by Gasteiger charge is -2.15. The number of sulfonamides is 1. The Bertz CT molecular complexity index is 603. The van der Waals surface area contributed by atoms with Crippen LogP contribution >= 0.6 is 0 Å². The van der Waals surface area contributed by atoms with Crippen LogP contribution in [0.15, 0.2) is 23.1 Å². The molecule has 6 heteroatoms. The molecule has 0 aliphatic heterocycles. The first kappa shape index (κ1) is 14.0. The molecule has 0 heterocycles. The highest BCUT2D eigenvalue weighted by Gasteiger charge is 2.32. The van der Waals surface area contributed by atoms with Gasteiger partial charge >= 0.3 is 0 Å². The third-order valence-corrected chi connectivity index (χ3v) is 4.99. The molecule has 0 amide bonds. The Labute approximate surface area is 113 Å². The topological polar surface area (TPSA) is 63.7 Å². The Hall–Kier alpha value is -1.40.